The molecule has 1 rings (SSSR count). The van der Waals surface area contributed by atoms with Crippen molar-refractivity contribution in [1.82, 2.24) is 0 Å². The summed E-state index contributed by atoms with van der Waals surface area (Å²) < 4.78 is 0.889. The largest absolute Gasteiger partial charge is 0.870 e. The minimum absolute atomic E-state index is 0. The second-order valence-corrected chi connectivity index (χ2v) is 3.64. The maximum Gasteiger partial charge on any atom is 0.195 e. The van der Waals surface area contributed by atoms with Crippen LogP contribution in [0.3, 0.4) is 0 Å². The van der Waals surface area contributed by atoms with Gasteiger partial charge in [0.05, 0.1) is 18.3 Å². The van der Waals surface area contributed by atoms with Crippen LogP contribution in [-0.4, -0.2) is 28.4 Å². The fourth-order valence-corrected chi connectivity index (χ4v) is 1.55. The summed E-state index contributed by atoms with van der Waals surface area (Å²) in [5, 5.41) is 0. The van der Waals surface area contributed by atoms with Gasteiger partial charge in [-0.1, -0.05) is 0 Å². The first kappa shape index (κ1) is 11.3. The van der Waals surface area contributed by atoms with Crippen molar-refractivity contribution in [2.24, 2.45) is 4.99 Å². The van der Waals surface area contributed by atoms with Crippen LogP contribution in [0.2, 0.25) is 0 Å². The lowest BCUT2D eigenvalue weighted by Gasteiger charge is -2.35. The summed E-state index contributed by atoms with van der Waals surface area (Å²) in [5.41, 5.74) is 0. The Morgan fingerprint density at radius 3 is 1.75 bits per heavy atom. The van der Waals surface area contributed by atoms with E-state index in [-0.39, 0.29) is 5.48 Å². The Hall–Kier alpha value is -0.670. The number of nitrogens with zero attached hydrogens (tertiary/aromatic N) is 2. The third-order valence-corrected chi connectivity index (χ3v) is 2.47. The lowest BCUT2D eigenvalue weighted by Crippen LogP contribution is -2.51. The van der Waals surface area contributed by atoms with Crippen LogP contribution in [0.15, 0.2) is 17.4 Å². The van der Waals surface area contributed by atoms with Crippen molar-refractivity contribution in [3.05, 3.63) is 12.4 Å². The van der Waals surface area contributed by atoms with Crippen molar-refractivity contribution in [3.8, 4) is 0 Å². The molecule has 0 fully saturated rings. The predicted octanol–water partition coefficient (Wildman–Crippen LogP) is 1.96. The number of quaternary nitrogens is 1. The molecule has 0 amide bonds. The first-order chi connectivity index (χ1) is 5.09. The molecule has 0 bridgehead atoms. The molecular weight excluding hydrogens is 152 g/mol. The standard InChI is InChI=1S/C9H17N2.H2O/c1-8(2)11(9(3)4)6-5-10-7-11;/h5-9H,1-4H3;1H2/q+1;/p-1. The SMILES string of the molecule is CC(C)[N+]1(C(C)C)C=CN=C1.[OH-]. The van der Waals surface area contributed by atoms with E-state index in [1.54, 1.807) is 0 Å². The van der Waals surface area contributed by atoms with Crippen molar-refractivity contribution in [2.75, 3.05) is 0 Å². The topological polar surface area (TPSA) is 42.4 Å². The summed E-state index contributed by atoms with van der Waals surface area (Å²) >= 11 is 0. The average Bonchev–Trinajstić information content (AvgIpc) is 2.34. The molecule has 0 saturated heterocycles. The highest BCUT2D eigenvalue weighted by Crippen LogP contribution is 2.21. The van der Waals surface area contributed by atoms with E-state index in [2.05, 4.69) is 38.9 Å². The molecule has 3 heteroatoms. The lowest BCUT2D eigenvalue weighted by atomic mass is 10.2. The molecule has 1 heterocycles. The van der Waals surface area contributed by atoms with Crippen LogP contribution in [0.5, 0.6) is 0 Å². The van der Waals surface area contributed by atoms with Crippen molar-refractivity contribution in [1.29, 1.82) is 0 Å². The first-order valence-corrected chi connectivity index (χ1v) is 4.19. The van der Waals surface area contributed by atoms with E-state index in [9.17, 15) is 0 Å². The van der Waals surface area contributed by atoms with Gasteiger partial charge < -0.3 is 5.48 Å². The highest BCUT2D eigenvalue weighted by molar-refractivity contribution is 5.51. The number of rotatable bonds is 2. The van der Waals surface area contributed by atoms with Gasteiger partial charge >= 0.3 is 0 Å². The van der Waals surface area contributed by atoms with Gasteiger partial charge in [0.25, 0.3) is 0 Å². The van der Waals surface area contributed by atoms with E-state index in [0.29, 0.717) is 12.1 Å². The molecule has 3 nitrogen and oxygen atoms in total. The zero-order chi connectivity index (χ0) is 8.48. The fraction of sp³-hybridized carbons (Fsp3) is 0.667. The predicted molar refractivity (Wildman–Crippen MR) is 50.1 cm³/mol. The van der Waals surface area contributed by atoms with E-state index in [0.717, 1.165) is 4.48 Å². The molecule has 1 aliphatic heterocycles. The summed E-state index contributed by atoms with van der Waals surface area (Å²) in [6.45, 7) is 8.90. The minimum Gasteiger partial charge on any atom is -0.870 e. The van der Waals surface area contributed by atoms with Crippen LogP contribution in [0.4, 0.5) is 0 Å². The third-order valence-electron chi connectivity index (χ3n) is 2.47. The molecule has 0 aromatic carbocycles. The van der Waals surface area contributed by atoms with E-state index in [1.807, 2.05) is 12.5 Å². The van der Waals surface area contributed by atoms with Gasteiger partial charge in [0.1, 0.15) is 6.20 Å². The Bertz CT molecular complexity index is 173. The highest BCUT2D eigenvalue weighted by Gasteiger charge is 2.33. The van der Waals surface area contributed by atoms with E-state index in [4.69, 9.17) is 0 Å². The second kappa shape index (κ2) is 3.83. The lowest BCUT2D eigenvalue weighted by molar-refractivity contribution is -0.826. The van der Waals surface area contributed by atoms with Gasteiger partial charge in [0.15, 0.2) is 6.34 Å². The average molecular weight is 170 g/mol. The second-order valence-electron chi connectivity index (χ2n) is 3.64. The molecule has 0 aliphatic carbocycles. The minimum atomic E-state index is 0. The number of aliphatic imine (C=N–C) groups is 1. The monoisotopic (exact) mass is 170 g/mol. The molecule has 1 N–H and O–H groups in total. The van der Waals surface area contributed by atoms with Crippen molar-refractivity contribution in [3.63, 3.8) is 0 Å². The van der Waals surface area contributed by atoms with Crippen LogP contribution in [0, 0.1) is 0 Å². The van der Waals surface area contributed by atoms with Gasteiger partial charge in [0, 0.05) is 0 Å². The maximum absolute atomic E-state index is 4.15. The molecule has 0 aromatic rings. The van der Waals surface area contributed by atoms with Crippen molar-refractivity contribution >= 4 is 6.34 Å². The molecule has 0 radical (unpaired) electrons. The van der Waals surface area contributed by atoms with Crippen molar-refractivity contribution < 1.29 is 9.96 Å². The van der Waals surface area contributed by atoms with Crippen LogP contribution in [-0.2, 0) is 0 Å². The third kappa shape index (κ3) is 1.57. The summed E-state index contributed by atoms with van der Waals surface area (Å²) in [7, 11) is 0. The zero-order valence-electron chi connectivity index (χ0n) is 8.23. The van der Waals surface area contributed by atoms with E-state index in [1.165, 1.54) is 0 Å². The molecule has 0 spiro atoms. The molecule has 70 valence electrons. The Morgan fingerprint density at radius 2 is 1.58 bits per heavy atom. The Balaban J connectivity index is 0.00000121. The summed E-state index contributed by atoms with van der Waals surface area (Å²) in [6, 6.07) is 1.16. The van der Waals surface area contributed by atoms with Gasteiger partial charge in [-0.3, -0.25) is 0 Å². The van der Waals surface area contributed by atoms with Gasteiger partial charge in [-0.05, 0) is 27.7 Å². The Morgan fingerprint density at radius 1 is 1.08 bits per heavy atom. The summed E-state index contributed by atoms with van der Waals surface area (Å²) in [4.78, 5) is 4.15. The zero-order valence-corrected chi connectivity index (χ0v) is 8.23. The highest BCUT2D eigenvalue weighted by atomic mass is 16.0. The summed E-state index contributed by atoms with van der Waals surface area (Å²) in [6.07, 6.45) is 6.07. The van der Waals surface area contributed by atoms with Crippen LogP contribution < -0.4 is 0 Å². The van der Waals surface area contributed by atoms with E-state index >= 15 is 0 Å². The molecular formula is C9H18N2O. The molecule has 0 saturated carbocycles. The van der Waals surface area contributed by atoms with Crippen LogP contribution in [0.25, 0.3) is 0 Å². The first-order valence-electron chi connectivity index (χ1n) is 4.19. The molecule has 12 heavy (non-hydrogen) atoms. The van der Waals surface area contributed by atoms with Crippen LogP contribution >= 0.6 is 0 Å². The number of hydrogen-bond donors (Lipinski definition) is 0. The maximum atomic E-state index is 4.15. The summed E-state index contributed by atoms with van der Waals surface area (Å²) in [5.74, 6) is 0. The smallest absolute Gasteiger partial charge is 0.195 e. The normalized spacial score (nSPS) is 18.8. The molecule has 0 aromatic heterocycles. The van der Waals surface area contributed by atoms with Gasteiger partial charge in [0.2, 0.25) is 0 Å². The van der Waals surface area contributed by atoms with Crippen LogP contribution in [0.1, 0.15) is 27.7 Å². The fourth-order valence-electron chi connectivity index (χ4n) is 1.55. The van der Waals surface area contributed by atoms with Gasteiger partial charge in [-0.25, -0.2) is 9.48 Å². The van der Waals surface area contributed by atoms with E-state index < -0.39 is 0 Å². The Kier molecular flexibility index (Phi) is 3.61. The molecule has 0 atom stereocenters. The van der Waals surface area contributed by atoms with Gasteiger partial charge in [-0.2, -0.15) is 0 Å². The van der Waals surface area contributed by atoms with Crippen molar-refractivity contribution in [2.45, 2.75) is 39.8 Å². The molecule has 0 unspecified atom stereocenters. The number of hydrogen-bond acceptors (Lipinski definition) is 2. The Labute approximate surface area is 74.3 Å². The molecule has 1 aliphatic rings. The van der Waals surface area contributed by atoms with Gasteiger partial charge in [-0.15, -0.1) is 0 Å². The quantitative estimate of drug-likeness (QED) is 0.584.